The standard InChI is InChI=1S/C18H21N3/c1-14-8-10-15(11-9-14)13-21-17-6-3-2-5-16(17)20-18(21)7-4-12-19/h2-3,5-6,8-11H,4,7,12-13,19H2,1H3. The second kappa shape index (κ2) is 6.10. The van der Waals surface area contributed by atoms with Gasteiger partial charge in [0.1, 0.15) is 5.82 Å². The number of hydrogen-bond acceptors (Lipinski definition) is 2. The van der Waals surface area contributed by atoms with Crippen molar-refractivity contribution in [2.45, 2.75) is 26.3 Å². The molecule has 2 N–H and O–H groups in total. The number of benzene rings is 2. The minimum Gasteiger partial charge on any atom is -0.330 e. The lowest BCUT2D eigenvalue weighted by atomic mass is 10.1. The van der Waals surface area contributed by atoms with Gasteiger partial charge in [0, 0.05) is 13.0 Å². The van der Waals surface area contributed by atoms with Gasteiger partial charge in [-0.1, -0.05) is 42.0 Å². The highest BCUT2D eigenvalue weighted by Gasteiger charge is 2.10. The highest BCUT2D eigenvalue weighted by atomic mass is 15.1. The van der Waals surface area contributed by atoms with E-state index in [0.717, 1.165) is 30.7 Å². The number of nitrogens with zero attached hydrogens (tertiary/aromatic N) is 2. The first kappa shape index (κ1) is 13.8. The minimum atomic E-state index is 0.702. The summed E-state index contributed by atoms with van der Waals surface area (Å²) in [6.45, 7) is 3.68. The summed E-state index contributed by atoms with van der Waals surface area (Å²) in [4.78, 5) is 4.77. The highest BCUT2D eigenvalue weighted by Crippen LogP contribution is 2.19. The van der Waals surface area contributed by atoms with Crippen LogP contribution in [0.1, 0.15) is 23.4 Å². The van der Waals surface area contributed by atoms with E-state index in [4.69, 9.17) is 10.7 Å². The number of hydrogen-bond donors (Lipinski definition) is 1. The van der Waals surface area contributed by atoms with Crippen LogP contribution in [0.25, 0.3) is 11.0 Å². The normalized spacial score (nSPS) is 11.1. The predicted molar refractivity (Wildman–Crippen MR) is 87.4 cm³/mol. The van der Waals surface area contributed by atoms with Gasteiger partial charge in [-0.15, -0.1) is 0 Å². The molecule has 3 aromatic rings. The maximum Gasteiger partial charge on any atom is 0.110 e. The Kier molecular flexibility index (Phi) is 4.02. The van der Waals surface area contributed by atoms with Crippen LogP contribution < -0.4 is 5.73 Å². The smallest absolute Gasteiger partial charge is 0.110 e. The van der Waals surface area contributed by atoms with Crippen molar-refractivity contribution in [1.82, 2.24) is 9.55 Å². The lowest BCUT2D eigenvalue weighted by molar-refractivity contribution is 0.703. The van der Waals surface area contributed by atoms with E-state index >= 15 is 0 Å². The summed E-state index contributed by atoms with van der Waals surface area (Å²) in [6, 6.07) is 17.0. The largest absolute Gasteiger partial charge is 0.330 e. The molecule has 3 heteroatoms. The molecular weight excluding hydrogens is 258 g/mol. The zero-order chi connectivity index (χ0) is 14.7. The average Bonchev–Trinajstić information content (AvgIpc) is 2.85. The van der Waals surface area contributed by atoms with E-state index in [0.29, 0.717) is 6.54 Å². The molecule has 0 unspecified atom stereocenters. The monoisotopic (exact) mass is 279 g/mol. The van der Waals surface area contributed by atoms with E-state index in [1.54, 1.807) is 0 Å². The van der Waals surface area contributed by atoms with Gasteiger partial charge in [0.2, 0.25) is 0 Å². The van der Waals surface area contributed by atoms with Crippen molar-refractivity contribution in [2.75, 3.05) is 6.54 Å². The van der Waals surface area contributed by atoms with Gasteiger partial charge in [-0.25, -0.2) is 4.98 Å². The molecule has 0 radical (unpaired) electrons. The van der Waals surface area contributed by atoms with Crippen LogP contribution in [0, 0.1) is 6.92 Å². The molecule has 0 amide bonds. The van der Waals surface area contributed by atoms with Crippen molar-refractivity contribution in [1.29, 1.82) is 0 Å². The van der Waals surface area contributed by atoms with Crippen LogP contribution >= 0.6 is 0 Å². The highest BCUT2D eigenvalue weighted by molar-refractivity contribution is 5.76. The molecule has 0 atom stereocenters. The van der Waals surface area contributed by atoms with Crippen LogP contribution in [0.2, 0.25) is 0 Å². The number of aryl methyl sites for hydroxylation is 2. The fourth-order valence-electron chi connectivity index (χ4n) is 2.63. The molecule has 1 heterocycles. The van der Waals surface area contributed by atoms with Gasteiger partial charge >= 0.3 is 0 Å². The molecule has 0 aliphatic carbocycles. The van der Waals surface area contributed by atoms with E-state index in [9.17, 15) is 0 Å². The molecular formula is C18H21N3. The Labute approximate surface area is 125 Å². The summed E-state index contributed by atoms with van der Waals surface area (Å²) >= 11 is 0. The molecule has 3 rings (SSSR count). The molecule has 0 bridgehead atoms. The molecule has 3 nitrogen and oxygen atoms in total. The van der Waals surface area contributed by atoms with Gasteiger partial charge in [0.05, 0.1) is 11.0 Å². The van der Waals surface area contributed by atoms with Gasteiger partial charge in [0.25, 0.3) is 0 Å². The number of imidazole rings is 1. The molecule has 21 heavy (non-hydrogen) atoms. The maximum absolute atomic E-state index is 5.65. The molecule has 0 fully saturated rings. The molecule has 1 aromatic heterocycles. The zero-order valence-corrected chi connectivity index (χ0v) is 12.4. The third-order valence-corrected chi connectivity index (χ3v) is 3.80. The average molecular weight is 279 g/mol. The summed E-state index contributed by atoms with van der Waals surface area (Å²) < 4.78 is 2.32. The molecule has 0 aliphatic heterocycles. The van der Waals surface area contributed by atoms with E-state index < -0.39 is 0 Å². The van der Waals surface area contributed by atoms with Gasteiger partial charge in [-0.2, -0.15) is 0 Å². The second-order valence-electron chi connectivity index (χ2n) is 5.48. The number of rotatable bonds is 5. The summed E-state index contributed by atoms with van der Waals surface area (Å²) in [5, 5.41) is 0. The quantitative estimate of drug-likeness (QED) is 0.779. The van der Waals surface area contributed by atoms with E-state index in [2.05, 4.69) is 54.0 Å². The fraction of sp³-hybridized carbons (Fsp3) is 0.278. The first-order chi connectivity index (χ1) is 10.3. The summed E-state index contributed by atoms with van der Waals surface area (Å²) in [7, 11) is 0. The summed E-state index contributed by atoms with van der Waals surface area (Å²) in [6.07, 6.45) is 1.90. The van der Waals surface area contributed by atoms with Crippen LogP contribution in [0.5, 0.6) is 0 Å². The molecule has 0 spiro atoms. The Balaban J connectivity index is 1.99. The van der Waals surface area contributed by atoms with E-state index in [1.165, 1.54) is 16.6 Å². The Morgan fingerprint density at radius 3 is 2.57 bits per heavy atom. The van der Waals surface area contributed by atoms with Crippen LogP contribution in [-0.4, -0.2) is 16.1 Å². The molecule has 108 valence electrons. The Bertz CT molecular complexity index is 726. The van der Waals surface area contributed by atoms with Crippen molar-refractivity contribution in [3.63, 3.8) is 0 Å². The maximum atomic E-state index is 5.65. The summed E-state index contributed by atoms with van der Waals surface area (Å²) in [5.41, 5.74) is 10.5. The first-order valence-electron chi connectivity index (χ1n) is 7.47. The van der Waals surface area contributed by atoms with E-state index in [-0.39, 0.29) is 0 Å². The van der Waals surface area contributed by atoms with Crippen LogP contribution in [0.3, 0.4) is 0 Å². The Hall–Kier alpha value is -2.13. The van der Waals surface area contributed by atoms with Crippen LogP contribution in [0.4, 0.5) is 0 Å². The van der Waals surface area contributed by atoms with Crippen molar-refractivity contribution in [3.05, 3.63) is 65.5 Å². The van der Waals surface area contributed by atoms with Crippen molar-refractivity contribution >= 4 is 11.0 Å². The molecule has 0 saturated carbocycles. The van der Waals surface area contributed by atoms with Crippen molar-refractivity contribution < 1.29 is 0 Å². The molecule has 0 saturated heterocycles. The summed E-state index contributed by atoms with van der Waals surface area (Å²) in [5.74, 6) is 1.13. The minimum absolute atomic E-state index is 0.702. The number of nitrogens with two attached hydrogens (primary N) is 1. The van der Waals surface area contributed by atoms with E-state index in [1.807, 2.05) is 6.07 Å². The Morgan fingerprint density at radius 2 is 1.81 bits per heavy atom. The number of fused-ring (bicyclic) bond motifs is 1. The van der Waals surface area contributed by atoms with Crippen molar-refractivity contribution in [3.8, 4) is 0 Å². The second-order valence-corrected chi connectivity index (χ2v) is 5.48. The third kappa shape index (κ3) is 2.98. The van der Waals surface area contributed by atoms with Crippen LogP contribution in [-0.2, 0) is 13.0 Å². The van der Waals surface area contributed by atoms with Crippen molar-refractivity contribution in [2.24, 2.45) is 5.73 Å². The number of aromatic nitrogens is 2. The Morgan fingerprint density at radius 1 is 1.05 bits per heavy atom. The molecule has 2 aromatic carbocycles. The first-order valence-corrected chi connectivity index (χ1v) is 7.47. The van der Waals surface area contributed by atoms with Gasteiger partial charge in [0.15, 0.2) is 0 Å². The van der Waals surface area contributed by atoms with Gasteiger partial charge in [-0.05, 0) is 37.6 Å². The lowest BCUT2D eigenvalue weighted by Crippen LogP contribution is -2.08. The van der Waals surface area contributed by atoms with Gasteiger partial charge < -0.3 is 10.3 Å². The molecule has 0 aliphatic rings. The lowest BCUT2D eigenvalue weighted by Gasteiger charge is -2.09. The third-order valence-electron chi connectivity index (χ3n) is 3.80. The SMILES string of the molecule is Cc1ccc(Cn2c(CCCN)nc3ccccc32)cc1. The van der Waals surface area contributed by atoms with Crippen LogP contribution in [0.15, 0.2) is 48.5 Å². The fourth-order valence-corrected chi connectivity index (χ4v) is 2.63. The topological polar surface area (TPSA) is 43.8 Å². The zero-order valence-electron chi connectivity index (χ0n) is 12.4. The predicted octanol–water partition coefficient (Wildman–Crippen LogP) is 3.28. The number of para-hydroxylation sites is 2. The van der Waals surface area contributed by atoms with Gasteiger partial charge in [-0.3, -0.25) is 0 Å².